The third-order valence-corrected chi connectivity index (χ3v) is 9.00. The van der Waals surface area contributed by atoms with Crippen LogP contribution in [0.5, 0.6) is 0 Å². The number of aliphatic hydroxyl groups is 1. The standard InChI is InChI=1S/C25H37FN4O4/c1-28-6-8-29(9-7-28)25(33)17-13-30-19-5-4-15(31)10-20(19)34-24-21(27-12-14-2-3-14)18(26)11-16(22(24)30)23(17)32/h13-16,18-22,24,27,31H,2-12H2,1H3. The second-order valence-electron chi connectivity index (χ2n) is 11.3. The SMILES string of the molecule is CN1CCN(C(=O)C2=CN3C4CCC(O)CC4OC4C(NCC5CC5)C(F)CC(C2=O)C43)CC1. The molecular formula is C25H37FN4O4. The van der Waals surface area contributed by atoms with Crippen molar-refractivity contribution in [3.05, 3.63) is 11.8 Å². The number of alkyl halides is 1. The zero-order chi connectivity index (χ0) is 23.6. The molecule has 8 nitrogen and oxygen atoms in total. The second kappa shape index (κ2) is 8.84. The van der Waals surface area contributed by atoms with E-state index < -0.39 is 30.3 Å². The van der Waals surface area contributed by atoms with Crippen molar-refractivity contribution >= 4 is 11.7 Å². The summed E-state index contributed by atoms with van der Waals surface area (Å²) >= 11 is 0. The molecule has 1 amide bonds. The van der Waals surface area contributed by atoms with E-state index in [1.54, 1.807) is 11.1 Å². The summed E-state index contributed by atoms with van der Waals surface area (Å²) in [6.07, 6.45) is 3.82. The van der Waals surface area contributed by atoms with E-state index >= 15 is 4.39 Å². The second-order valence-corrected chi connectivity index (χ2v) is 11.3. The Kier molecular flexibility index (Phi) is 5.95. The van der Waals surface area contributed by atoms with Crippen LogP contribution in [0.25, 0.3) is 0 Å². The Morgan fingerprint density at radius 3 is 2.68 bits per heavy atom. The fourth-order valence-corrected chi connectivity index (χ4v) is 6.79. The Hall–Kier alpha value is -1.55. The van der Waals surface area contributed by atoms with Crippen LogP contribution >= 0.6 is 0 Å². The van der Waals surface area contributed by atoms with E-state index in [-0.39, 0.29) is 41.9 Å². The smallest absolute Gasteiger partial charge is 0.259 e. The van der Waals surface area contributed by atoms with Gasteiger partial charge in [0.15, 0.2) is 5.78 Å². The fraction of sp³-hybridized carbons (Fsp3) is 0.840. The van der Waals surface area contributed by atoms with Gasteiger partial charge in [-0.25, -0.2) is 4.39 Å². The van der Waals surface area contributed by atoms with E-state index in [9.17, 15) is 14.7 Å². The molecule has 0 spiro atoms. The first-order valence-electron chi connectivity index (χ1n) is 13.1. The lowest BCUT2D eigenvalue weighted by molar-refractivity contribution is -0.205. The highest BCUT2D eigenvalue weighted by atomic mass is 19.1. The molecule has 9 heteroatoms. The van der Waals surface area contributed by atoms with Gasteiger partial charge in [0.1, 0.15) is 6.17 Å². The van der Waals surface area contributed by atoms with Crippen molar-refractivity contribution in [3.63, 3.8) is 0 Å². The van der Waals surface area contributed by atoms with Gasteiger partial charge in [-0.15, -0.1) is 0 Å². The summed E-state index contributed by atoms with van der Waals surface area (Å²) in [6, 6.07) is -0.743. The number of carbonyl (C=O) groups excluding carboxylic acids is 2. The van der Waals surface area contributed by atoms with Crippen LogP contribution in [-0.2, 0) is 14.3 Å². The predicted molar refractivity (Wildman–Crippen MR) is 123 cm³/mol. The van der Waals surface area contributed by atoms with Crippen LogP contribution in [0.1, 0.15) is 38.5 Å². The molecule has 6 aliphatic rings. The lowest BCUT2D eigenvalue weighted by atomic mass is 9.69. The average Bonchev–Trinajstić information content (AvgIpc) is 3.64. The number of piperazine rings is 1. The lowest BCUT2D eigenvalue weighted by Crippen LogP contribution is -2.73. The van der Waals surface area contributed by atoms with Crippen LogP contribution in [0.4, 0.5) is 4.39 Å². The number of hydrogen-bond donors (Lipinski definition) is 2. The number of ketones is 1. The molecule has 3 heterocycles. The molecule has 0 radical (unpaired) electrons. The predicted octanol–water partition coefficient (Wildman–Crippen LogP) is 0.305. The van der Waals surface area contributed by atoms with Crippen LogP contribution in [0.3, 0.4) is 0 Å². The molecule has 6 rings (SSSR count). The first-order valence-corrected chi connectivity index (χ1v) is 13.1. The molecule has 3 aliphatic carbocycles. The number of ether oxygens (including phenoxy) is 1. The number of hydrogen-bond acceptors (Lipinski definition) is 7. The quantitative estimate of drug-likeness (QED) is 0.565. The maximum atomic E-state index is 15.6. The number of halogens is 1. The van der Waals surface area contributed by atoms with E-state index in [0.717, 1.165) is 26.1 Å². The van der Waals surface area contributed by atoms with E-state index in [2.05, 4.69) is 15.1 Å². The van der Waals surface area contributed by atoms with Crippen molar-refractivity contribution in [1.82, 2.24) is 20.0 Å². The van der Waals surface area contributed by atoms with E-state index in [4.69, 9.17) is 4.74 Å². The summed E-state index contributed by atoms with van der Waals surface area (Å²) in [6.45, 7) is 3.52. The minimum Gasteiger partial charge on any atom is -0.393 e. The van der Waals surface area contributed by atoms with Gasteiger partial charge in [-0.05, 0) is 51.6 Å². The van der Waals surface area contributed by atoms with Crippen LogP contribution in [-0.4, -0.2) is 114 Å². The summed E-state index contributed by atoms with van der Waals surface area (Å²) in [5, 5.41) is 13.8. The maximum Gasteiger partial charge on any atom is 0.259 e. The summed E-state index contributed by atoms with van der Waals surface area (Å²) < 4.78 is 22.1. The highest BCUT2D eigenvalue weighted by Gasteiger charge is 2.59. The number of nitrogens with one attached hydrogen (secondary N) is 1. The molecule has 2 N–H and O–H groups in total. The molecular weight excluding hydrogens is 439 g/mol. The molecule has 0 aromatic carbocycles. The minimum atomic E-state index is -1.21. The van der Waals surface area contributed by atoms with Crippen molar-refractivity contribution in [2.45, 2.75) is 81.1 Å². The highest BCUT2D eigenvalue weighted by molar-refractivity contribution is 6.20. The number of amides is 1. The Morgan fingerprint density at radius 2 is 1.94 bits per heavy atom. The maximum absolute atomic E-state index is 15.6. The number of nitrogens with zero attached hydrogens (tertiary/aromatic N) is 3. The van der Waals surface area contributed by atoms with Gasteiger partial charge in [0.2, 0.25) is 0 Å². The molecule has 3 saturated carbocycles. The fourth-order valence-electron chi connectivity index (χ4n) is 6.79. The van der Waals surface area contributed by atoms with Crippen LogP contribution in [0, 0.1) is 11.8 Å². The first-order chi connectivity index (χ1) is 16.4. The van der Waals surface area contributed by atoms with Crippen molar-refractivity contribution < 1.29 is 23.8 Å². The van der Waals surface area contributed by atoms with Crippen LogP contribution in [0.2, 0.25) is 0 Å². The molecule has 2 saturated heterocycles. The van der Waals surface area contributed by atoms with Crippen LogP contribution in [0.15, 0.2) is 11.8 Å². The molecule has 3 aliphatic heterocycles. The third kappa shape index (κ3) is 3.98. The Morgan fingerprint density at radius 1 is 1.18 bits per heavy atom. The summed E-state index contributed by atoms with van der Waals surface area (Å²) in [5.41, 5.74) is 0.202. The molecule has 8 unspecified atom stereocenters. The van der Waals surface area contributed by atoms with Gasteiger partial charge in [0.05, 0.1) is 42.0 Å². The molecule has 8 atom stereocenters. The van der Waals surface area contributed by atoms with Gasteiger partial charge >= 0.3 is 0 Å². The topological polar surface area (TPSA) is 85.3 Å². The molecule has 0 aromatic rings. The van der Waals surface area contributed by atoms with Gasteiger partial charge in [-0.2, -0.15) is 0 Å². The zero-order valence-corrected chi connectivity index (χ0v) is 19.9. The van der Waals surface area contributed by atoms with E-state index in [0.29, 0.717) is 31.8 Å². The normalized spacial score (nSPS) is 42.7. The largest absolute Gasteiger partial charge is 0.393 e. The number of aliphatic hydroxyl groups excluding tert-OH is 1. The summed E-state index contributed by atoms with van der Waals surface area (Å²) in [7, 11) is 2.03. The molecule has 188 valence electrons. The number of morpholine rings is 1. The molecule has 0 bridgehead atoms. The van der Waals surface area contributed by atoms with Gasteiger partial charge in [0, 0.05) is 44.7 Å². The number of carbonyl (C=O) groups is 2. The van der Waals surface area contributed by atoms with Crippen molar-refractivity contribution in [1.29, 1.82) is 0 Å². The van der Waals surface area contributed by atoms with Crippen LogP contribution < -0.4 is 5.32 Å². The van der Waals surface area contributed by atoms with Gasteiger partial charge in [-0.1, -0.05) is 0 Å². The molecule has 34 heavy (non-hydrogen) atoms. The van der Waals surface area contributed by atoms with Crippen molar-refractivity contribution in [2.24, 2.45) is 11.8 Å². The highest BCUT2D eigenvalue weighted by Crippen LogP contribution is 2.46. The number of likely N-dealkylation sites (N-methyl/N-ethyl adjacent to an activating group) is 1. The Labute approximate surface area is 200 Å². The monoisotopic (exact) mass is 476 g/mol. The summed E-state index contributed by atoms with van der Waals surface area (Å²) in [4.78, 5) is 33.2. The zero-order valence-electron chi connectivity index (χ0n) is 19.9. The molecule has 0 aromatic heterocycles. The molecule has 5 fully saturated rings. The van der Waals surface area contributed by atoms with Gasteiger partial charge < -0.3 is 29.9 Å². The average molecular weight is 477 g/mol. The Bertz CT molecular complexity index is 858. The van der Waals surface area contributed by atoms with Gasteiger partial charge in [-0.3, -0.25) is 9.59 Å². The van der Waals surface area contributed by atoms with Gasteiger partial charge in [0.25, 0.3) is 5.91 Å². The number of fused-ring (bicyclic) bond motifs is 2. The van der Waals surface area contributed by atoms with E-state index in [1.165, 1.54) is 12.8 Å². The minimum absolute atomic E-state index is 0.00391. The Balaban J connectivity index is 1.32. The number of rotatable bonds is 4. The summed E-state index contributed by atoms with van der Waals surface area (Å²) in [5.74, 6) is -0.425. The lowest BCUT2D eigenvalue weighted by Gasteiger charge is -2.59. The first kappa shape index (κ1) is 22.9. The van der Waals surface area contributed by atoms with E-state index in [1.807, 2.05) is 7.05 Å². The van der Waals surface area contributed by atoms with Crippen molar-refractivity contribution in [2.75, 3.05) is 39.8 Å². The number of Topliss-reactive ketones (excluding diaryl/α,β-unsaturated/α-hetero) is 1. The third-order valence-electron chi connectivity index (χ3n) is 9.00. The van der Waals surface area contributed by atoms with Crippen molar-refractivity contribution in [3.8, 4) is 0 Å².